The summed E-state index contributed by atoms with van der Waals surface area (Å²) in [6, 6.07) is 3.76. The van der Waals surface area contributed by atoms with Crippen LogP contribution in [0.1, 0.15) is 12.0 Å². The van der Waals surface area contributed by atoms with Crippen LogP contribution in [0.3, 0.4) is 0 Å². The molecule has 2 heterocycles. The van der Waals surface area contributed by atoms with Crippen molar-refractivity contribution in [3.05, 3.63) is 23.9 Å². The van der Waals surface area contributed by atoms with E-state index in [4.69, 9.17) is 10.5 Å². The van der Waals surface area contributed by atoms with Gasteiger partial charge in [0.1, 0.15) is 5.82 Å². The van der Waals surface area contributed by atoms with Crippen LogP contribution < -0.4 is 5.73 Å². The molecular weight excluding hydrogens is 218 g/mol. The minimum Gasteiger partial charge on any atom is -0.469 e. The minimum atomic E-state index is -0.108. The fourth-order valence-electron chi connectivity index (χ4n) is 2.12. The highest BCUT2D eigenvalue weighted by Gasteiger charge is 2.28. The highest BCUT2D eigenvalue weighted by Crippen LogP contribution is 2.19. The van der Waals surface area contributed by atoms with E-state index in [2.05, 4.69) is 9.88 Å². The van der Waals surface area contributed by atoms with Crippen molar-refractivity contribution in [3.63, 3.8) is 0 Å². The molecule has 1 unspecified atom stereocenters. The summed E-state index contributed by atoms with van der Waals surface area (Å²) in [5.41, 5.74) is 6.64. The Balaban J connectivity index is 1.89. The van der Waals surface area contributed by atoms with E-state index in [1.54, 1.807) is 12.3 Å². The summed E-state index contributed by atoms with van der Waals surface area (Å²) in [6.45, 7) is 2.49. The quantitative estimate of drug-likeness (QED) is 0.779. The number of anilines is 1. The fourth-order valence-corrected chi connectivity index (χ4v) is 2.12. The fraction of sp³-hybridized carbons (Fsp3) is 0.500. The second-order valence-corrected chi connectivity index (χ2v) is 4.34. The van der Waals surface area contributed by atoms with Crippen molar-refractivity contribution in [2.75, 3.05) is 25.9 Å². The van der Waals surface area contributed by atoms with Crippen molar-refractivity contribution >= 4 is 11.8 Å². The summed E-state index contributed by atoms with van der Waals surface area (Å²) in [4.78, 5) is 17.7. The van der Waals surface area contributed by atoms with Crippen molar-refractivity contribution in [2.45, 2.75) is 13.0 Å². The molecule has 1 fully saturated rings. The topological polar surface area (TPSA) is 68.5 Å². The van der Waals surface area contributed by atoms with E-state index in [-0.39, 0.29) is 11.9 Å². The summed E-state index contributed by atoms with van der Waals surface area (Å²) >= 11 is 0. The van der Waals surface area contributed by atoms with E-state index in [9.17, 15) is 4.79 Å². The first-order valence-electron chi connectivity index (χ1n) is 5.69. The maximum Gasteiger partial charge on any atom is 0.310 e. The van der Waals surface area contributed by atoms with Crippen LogP contribution in [0.25, 0.3) is 0 Å². The Morgan fingerprint density at radius 2 is 2.47 bits per heavy atom. The van der Waals surface area contributed by atoms with Crippen LogP contribution in [0.15, 0.2) is 18.3 Å². The average Bonchev–Trinajstić information content (AvgIpc) is 2.80. The van der Waals surface area contributed by atoms with E-state index in [1.165, 1.54) is 7.11 Å². The van der Waals surface area contributed by atoms with Gasteiger partial charge < -0.3 is 10.5 Å². The summed E-state index contributed by atoms with van der Waals surface area (Å²) < 4.78 is 4.75. The Morgan fingerprint density at radius 1 is 1.65 bits per heavy atom. The molecular formula is C12H17N3O2. The number of nitrogens with two attached hydrogens (primary N) is 1. The van der Waals surface area contributed by atoms with Crippen LogP contribution >= 0.6 is 0 Å². The van der Waals surface area contributed by atoms with Gasteiger partial charge in [0.2, 0.25) is 0 Å². The van der Waals surface area contributed by atoms with Crippen molar-refractivity contribution in [3.8, 4) is 0 Å². The molecule has 0 spiro atoms. The predicted octanol–water partition coefficient (Wildman–Crippen LogP) is 0.659. The number of ether oxygens (including phenoxy) is 1. The van der Waals surface area contributed by atoms with Gasteiger partial charge in [0.05, 0.1) is 13.0 Å². The first-order chi connectivity index (χ1) is 8.19. The lowest BCUT2D eigenvalue weighted by Crippen LogP contribution is -2.23. The Labute approximate surface area is 101 Å². The van der Waals surface area contributed by atoms with Crippen LogP contribution in [0.5, 0.6) is 0 Å². The van der Waals surface area contributed by atoms with Gasteiger partial charge in [-0.15, -0.1) is 0 Å². The number of rotatable bonds is 3. The van der Waals surface area contributed by atoms with Crippen molar-refractivity contribution in [2.24, 2.45) is 5.92 Å². The predicted molar refractivity (Wildman–Crippen MR) is 64.0 cm³/mol. The van der Waals surface area contributed by atoms with E-state index in [0.717, 1.165) is 31.6 Å². The van der Waals surface area contributed by atoms with Gasteiger partial charge in [-0.25, -0.2) is 4.98 Å². The molecule has 0 aromatic carbocycles. The zero-order chi connectivity index (χ0) is 12.3. The Bertz CT molecular complexity index is 391. The lowest BCUT2D eigenvalue weighted by Gasteiger charge is -2.15. The molecule has 1 atom stereocenters. The first kappa shape index (κ1) is 11.9. The number of carbonyl (C=O) groups excluding carboxylic acids is 1. The van der Waals surface area contributed by atoms with Gasteiger partial charge >= 0.3 is 5.97 Å². The number of nitrogen functional groups attached to an aromatic ring is 1. The van der Waals surface area contributed by atoms with Crippen LogP contribution in [-0.4, -0.2) is 36.1 Å². The van der Waals surface area contributed by atoms with Gasteiger partial charge in [-0.1, -0.05) is 6.07 Å². The molecule has 1 aromatic heterocycles. The zero-order valence-corrected chi connectivity index (χ0v) is 9.93. The highest BCUT2D eigenvalue weighted by molar-refractivity contribution is 5.72. The van der Waals surface area contributed by atoms with E-state index in [0.29, 0.717) is 5.82 Å². The van der Waals surface area contributed by atoms with Crippen molar-refractivity contribution in [1.82, 2.24) is 9.88 Å². The average molecular weight is 235 g/mol. The number of aromatic nitrogens is 1. The number of hydrogen-bond donors (Lipinski definition) is 1. The molecule has 17 heavy (non-hydrogen) atoms. The third kappa shape index (κ3) is 2.94. The summed E-state index contributed by atoms with van der Waals surface area (Å²) in [6.07, 6.45) is 2.65. The zero-order valence-electron chi connectivity index (χ0n) is 9.93. The second kappa shape index (κ2) is 5.14. The number of likely N-dealkylation sites (tertiary alicyclic amines) is 1. The van der Waals surface area contributed by atoms with Gasteiger partial charge in [-0.05, 0) is 24.6 Å². The summed E-state index contributed by atoms with van der Waals surface area (Å²) in [7, 11) is 1.44. The molecule has 5 heteroatoms. The monoisotopic (exact) mass is 235 g/mol. The van der Waals surface area contributed by atoms with Crippen molar-refractivity contribution < 1.29 is 9.53 Å². The van der Waals surface area contributed by atoms with Gasteiger partial charge in [0.15, 0.2) is 0 Å². The SMILES string of the molecule is COC(=O)C1CCN(Cc2ccc(N)nc2)C1. The van der Waals surface area contributed by atoms with Crippen LogP contribution in [0.4, 0.5) is 5.82 Å². The molecule has 1 saturated heterocycles. The lowest BCUT2D eigenvalue weighted by atomic mass is 10.1. The van der Waals surface area contributed by atoms with Gasteiger partial charge in [-0.2, -0.15) is 0 Å². The molecule has 1 aromatic rings. The second-order valence-electron chi connectivity index (χ2n) is 4.34. The largest absolute Gasteiger partial charge is 0.469 e. The maximum atomic E-state index is 11.4. The normalized spacial score (nSPS) is 20.4. The summed E-state index contributed by atoms with van der Waals surface area (Å²) in [5, 5.41) is 0. The van der Waals surface area contributed by atoms with Crippen LogP contribution in [0.2, 0.25) is 0 Å². The molecule has 5 nitrogen and oxygen atoms in total. The number of esters is 1. The Hall–Kier alpha value is -1.62. The van der Waals surface area contributed by atoms with Crippen LogP contribution in [-0.2, 0) is 16.1 Å². The number of nitrogens with zero attached hydrogens (tertiary/aromatic N) is 2. The molecule has 1 aliphatic heterocycles. The van der Waals surface area contributed by atoms with Gasteiger partial charge in [0, 0.05) is 19.3 Å². The maximum absolute atomic E-state index is 11.4. The molecule has 0 saturated carbocycles. The smallest absolute Gasteiger partial charge is 0.310 e. The van der Waals surface area contributed by atoms with Gasteiger partial charge in [0.25, 0.3) is 0 Å². The standard InChI is InChI=1S/C12H17N3O2/c1-17-12(16)10-4-5-15(8-10)7-9-2-3-11(13)14-6-9/h2-3,6,10H,4-5,7-8H2,1H3,(H2,13,14). The molecule has 2 rings (SSSR count). The van der Waals surface area contributed by atoms with Gasteiger partial charge in [-0.3, -0.25) is 9.69 Å². The molecule has 0 aliphatic carbocycles. The van der Waals surface area contributed by atoms with E-state index in [1.807, 2.05) is 6.07 Å². The molecule has 0 amide bonds. The number of hydrogen-bond acceptors (Lipinski definition) is 5. The number of pyridine rings is 1. The number of methoxy groups -OCH3 is 1. The van der Waals surface area contributed by atoms with Crippen molar-refractivity contribution in [1.29, 1.82) is 0 Å². The summed E-state index contributed by atoms with van der Waals surface area (Å²) in [5.74, 6) is 0.437. The first-order valence-corrected chi connectivity index (χ1v) is 5.69. The third-order valence-corrected chi connectivity index (χ3v) is 3.06. The van der Waals surface area contributed by atoms with E-state index < -0.39 is 0 Å². The third-order valence-electron chi connectivity index (χ3n) is 3.06. The lowest BCUT2D eigenvalue weighted by molar-refractivity contribution is -0.144. The molecule has 92 valence electrons. The molecule has 0 radical (unpaired) electrons. The minimum absolute atomic E-state index is 0.0155. The molecule has 2 N–H and O–H groups in total. The van der Waals surface area contributed by atoms with Crippen LogP contribution in [0, 0.1) is 5.92 Å². The highest BCUT2D eigenvalue weighted by atomic mass is 16.5. The molecule has 0 bridgehead atoms. The molecule has 1 aliphatic rings. The van der Waals surface area contributed by atoms with E-state index >= 15 is 0 Å². The number of carbonyl (C=O) groups is 1. The Kier molecular flexibility index (Phi) is 3.58. The Morgan fingerprint density at radius 3 is 3.12 bits per heavy atom.